The summed E-state index contributed by atoms with van der Waals surface area (Å²) in [5.74, 6) is -4.89. The fourth-order valence-electron chi connectivity index (χ4n) is 6.14. The molecule has 7 N–H and O–H groups in total. The van der Waals surface area contributed by atoms with Crippen LogP contribution in [-0.2, 0) is 9.59 Å². The van der Waals surface area contributed by atoms with Crippen molar-refractivity contribution in [1.82, 2.24) is 25.8 Å². The van der Waals surface area contributed by atoms with E-state index in [2.05, 4.69) is 27.5 Å². The van der Waals surface area contributed by atoms with Crippen molar-refractivity contribution in [3.05, 3.63) is 42.7 Å². The summed E-state index contributed by atoms with van der Waals surface area (Å²) in [7, 11) is 0. The highest BCUT2D eigenvalue weighted by atomic mass is 19.4. The van der Waals surface area contributed by atoms with Crippen LogP contribution in [0.5, 0.6) is 0 Å². The van der Waals surface area contributed by atoms with Gasteiger partial charge in [-0.25, -0.2) is 9.79 Å². The van der Waals surface area contributed by atoms with Gasteiger partial charge in [0.05, 0.1) is 24.4 Å². The quantitative estimate of drug-likeness (QED) is 0.188. The average molecular weight is 565 g/mol. The molecule has 6 rings (SSSR count). The summed E-state index contributed by atoms with van der Waals surface area (Å²) < 4.78 is 40.6. The number of nitrogens with two attached hydrogens (primary N) is 1. The Balaban J connectivity index is 1.28. The van der Waals surface area contributed by atoms with Crippen LogP contribution in [-0.4, -0.2) is 99.2 Å². The van der Waals surface area contributed by atoms with Crippen LogP contribution in [0, 0.1) is 5.41 Å². The minimum absolute atomic E-state index is 0.114. The number of aliphatic imine (C=N–C) groups is 1. The Morgan fingerprint density at radius 2 is 1.90 bits per heavy atom. The number of para-hydroxylation sites is 1. The molecule has 1 aliphatic carbocycles. The van der Waals surface area contributed by atoms with Gasteiger partial charge in [-0.15, -0.1) is 0 Å². The minimum Gasteiger partial charge on any atom is -0.370 e. The van der Waals surface area contributed by atoms with E-state index >= 15 is 0 Å². The fraction of sp³-hybridized carbons (Fsp3) is 0.500. The SMILES string of the molecule is C=C1N[C@H]2[C@H](CN3C(=O)CN(c4ccccc4)C3=O)N=C(N)N3C[C@H](NC(=O)C4(C(F)(F)F)CC4)C(O)(O)[C@]23N1. The van der Waals surface area contributed by atoms with Crippen LogP contribution in [0.15, 0.2) is 47.7 Å². The summed E-state index contributed by atoms with van der Waals surface area (Å²) in [4.78, 5) is 46.7. The number of carbonyl (C=O) groups excluding carboxylic acids is 3. The summed E-state index contributed by atoms with van der Waals surface area (Å²) in [5, 5.41) is 30.9. The number of halogens is 3. The Kier molecular flexibility index (Phi) is 5.39. The Hall–Kier alpha value is -4.05. The zero-order chi connectivity index (χ0) is 28.8. The molecule has 4 heterocycles. The first kappa shape index (κ1) is 26.2. The van der Waals surface area contributed by atoms with Gasteiger partial charge in [0.2, 0.25) is 11.7 Å². The Morgan fingerprint density at radius 1 is 1.23 bits per heavy atom. The van der Waals surface area contributed by atoms with E-state index < -0.39 is 78.4 Å². The molecule has 13 nitrogen and oxygen atoms in total. The standard InChI is InChI=1S/C24H27F3N8O5/c1-12-29-17-14(9-34-16(36)11-33(20(34)38)13-5-3-2-4-6-13)30-19(28)35-10-15(23(39,40)22(17,35)32-12)31-18(37)21(7-8-21)24(25,26)27/h2-6,14-15,17,29,32,39-40H,1,7-11H2,(H2,28,30)(H,31,37)/t14-,15-,17-,22-/m0/s1. The van der Waals surface area contributed by atoms with Gasteiger partial charge in [-0.05, 0) is 25.0 Å². The van der Waals surface area contributed by atoms with Crippen molar-refractivity contribution in [2.45, 2.75) is 48.6 Å². The third kappa shape index (κ3) is 3.41. The first-order valence-electron chi connectivity index (χ1n) is 12.6. The number of benzene rings is 1. The summed E-state index contributed by atoms with van der Waals surface area (Å²) >= 11 is 0. The normalized spacial score (nSPS) is 31.8. The second-order valence-electron chi connectivity index (χ2n) is 10.7. The van der Waals surface area contributed by atoms with Gasteiger partial charge < -0.3 is 36.8 Å². The minimum atomic E-state index is -4.80. The van der Waals surface area contributed by atoms with Crippen molar-refractivity contribution in [3.63, 3.8) is 0 Å². The zero-order valence-corrected chi connectivity index (χ0v) is 21.0. The maximum atomic E-state index is 13.5. The highest BCUT2D eigenvalue weighted by molar-refractivity contribution is 6.12. The number of amides is 4. The predicted molar refractivity (Wildman–Crippen MR) is 132 cm³/mol. The molecule has 214 valence electrons. The fourth-order valence-corrected chi connectivity index (χ4v) is 6.14. The molecular formula is C24H27F3N8O5. The van der Waals surface area contributed by atoms with Crippen LogP contribution < -0.4 is 26.6 Å². The molecule has 5 aliphatic rings. The third-order valence-corrected chi connectivity index (χ3v) is 8.44. The third-order valence-electron chi connectivity index (χ3n) is 8.44. The van der Waals surface area contributed by atoms with Gasteiger partial charge in [-0.2, -0.15) is 13.2 Å². The summed E-state index contributed by atoms with van der Waals surface area (Å²) in [6, 6.07) is 4.23. The van der Waals surface area contributed by atoms with Crippen LogP contribution in [0.4, 0.5) is 23.7 Å². The molecule has 0 unspecified atom stereocenters. The van der Waals surface area contributed by atoms with Gasteiger partial charge in [0.25, 0.3) is 5.91 Å². The van der Waals surface area contributed by atoms with Crippen molar-refractivity contribution in [1.29, 1.82) is 0 Å². The van der Waals surface area contributed by atoms with E-state index in [0.29, 0.717) is 5.69 Å². The van der Waals surface area contributed by atoms with E-state index in [0.717, 1.165) is 4.90 Å². The lowest BCUT2D eigenvalue weighted by Gasteiger charge is -2.49. The molecule has 1 saturated carbocycles. The Labute approximate surface area is 225 Å². The number of alkyl halides is 3. The maximum Gasteiger partial charge on any atom is 0.403 e. The lowest BCUT2D eigenvalue weighted by Crippen LogP contribution is -2.78. The number of carbonyl (C=O) groups is 3. The van der Waals surface area contributed by atoms with Crippen molar-refractivity contribution in [2.24, 2.45) is 16.1 Å². The molecule has 0 bridgehead atoms. The number of hydrogen-bond acceptors (Lipinski definition) is 10. The zero-order valence-electron chi connectivity index (χ0n) is 21.0. The number of urea groups is 1. The van der Waals surface area contributed by atoms with E-state index in [4.69, 9.17) is 5.73 Å². The van der Waals surface area contributed by atoms with E-state index in [1.807, 2.05) is 0 Å². The molecule has 0 radical (unpaired) electrons. The summed E-state index contributed by atoms with van der Waals surface area (Å²) in [6.45, 7) is 2.88. The molecule has 0 aromatic heterocycles. The largest absolute Gasteiger partial charge is 0.403 e. The van der Waals surface area contributed by atoms with Gasteiger partial charge in [-0.1, -0.05) is 24.8 Å². The number of hydrogen-bond donors (Lipinski definition) is 6. The topological polar surface area (TPSA) is 176 Å². The Morgan fingerprint density at radius 3 is 2.52 bits per heavy atom. The molecule has 16 heteroatoms. The van der Waals surface area contributed by atoms with Crippen molar-refractivity contribution >= 4 is 29.5 Å². The number of rotatable bonds is 5. The molecular weight excluding hydrogens is 537 g/mol. The average Bonchev–Trinajstić information content (AvgIpc) is 3.52. The van der Waals surface area contributed by atoms with Crippen LogP contribution in [0.2, 0.25) is 0 Å². The molecule has 1 aromatic carbocycles. The van der Waals surface area contributed by atoms with Crippen molar-refractivity contribution < 1.29 is 37.8 Å². The van der Waals surface area contributed by atoms with E-state index in [-0.39, 0.29) is 24.9 Å². The molecule has 4 atom stereocenters. The van der Waals surface area contributed by atoms with Crippen molar-refractivity contribution in [3.8, 4) is 0 Å². The molecule has 1 spiro atoms. The highest BCUT2D eigenvalue weighted by Gasteiger charge is 2.75. The number of nitrogens with one attached hydrogen (secondary N) is 3. The predicted octanol–water partition coefficient (Wildman–Crippen LogP) is -1.30. The van der Waals surface area contributed by atoms with Gasteiger partial charge >= 0.3 is 12.2 Å². The summed E-state index contributed by atoms with van der Waals surface area (Å²) in [5.41, 5.74) is 2.19. The molecule has 4 fully saturated rings. The van der Waals surface area contributed by atoms with E-state index in [1.165, 1.54) is 9.80 Å². The lowest BCUT2D eigenvalue weighted by molar-refractivity contribution is -0.234. The molecule has 4 aliphatic heterocycles. The van der Waals surface area contributed by atoms with Gasteiger partial charge in [0, 0.05) is 12.2 Å². The van der Waals surface area contributed by atoms with Gasteiger partial charge in [-0.3, -0.25) is 19.4 Å². The smallest absolute Gasteiger partial charge is 0.370 e. The monoisotopic (exact) mass is 564 g/mol. The first-order valence-corrected chi connectivity index (χ1v) is 12.6. The molecule has 4 amide bonds. The number of aliphatic hydroxyl groups is 2. The van der Waals surface area contributed by atoms with Gasteiger partial charge in [0.1, 0.15) is 18.0 Å². The van der Waals surface area contributed by atoms with Crippen LogP contribution >= 0.6 is 0 Å². The maximum absolute atomic E-state index is 13.5. The second kappa shape index (κ2) is 8.23. The number of imide groups is 1. The van der Waals surface area contributed by atoms with Crippen LogP contribution in [0.1, 0.15) is 12.8 Å². The lowest BCUT2D eigenvalue weighted by atomic mass is 9.85. The molecule has 40 heavy (non-hydrogen) atoms. The van der Waals surface area contributed by atoms with Gasteiger partial charge in [0.15, 0.2) is 11.6 Å². The molecule has 1 aromatic rings. The molecule has 3 saturated heterocycles. The van der Waals surface area contributed by atoms with E-state index in [1.54, 1.807) is 30.3 Å². The summed E-state index contributed by atoms with van der Waals surface area (Å²) in [6.07, 6.45) is -5.61. The highest BCUT2D eigenvalue weighted by Crippen LogP contribution is 2.58. The first-order chi connectivity index (χ1) is 18.7. The van der Waals surface area contributed by atoms with Crippen LogP contribution in [0.25, 0.3) is 0 Å². The van der Waals surface area contributed by atoms with Crippen molar-refractivity contribution in [2.75, 3.05) is 24.5 Å². The number of guanidine groups is 1. The van der Waals surface area contributed by atoms with E-state index in [9.17, 15) is 37.8 Å². The second-order valence-corrected chi connectivity index (χ2v) is 10.7. The number of nitrogens with zero attached hydrogens (tertiary/aromatic N) is 4. The number of anilines is 1. The Bertz CT molecular complexity index is 1330. The van der Waals surface area contributed by atoms with Crippen LogP contribution in [0.3, 0.4) is 0 Å².